The Bertz CT molecular complexity index is 1260. The van der Waals surface area contributed by atoms with Crippen molar-refractivity contribution >= 4 is 51.1 Å². The van der Waals surface area contributed by atoms with Gasteiger partial charge in [0.15, 0.2) is 0 Å². The Morgan fingerprint density at radius 1 is 1.15 bits per heavy atom. The molecule has 3 unspecified atom stereocenters. The predicted molar refractivity (Wildman–Crippen MR) is 164 cm³/mol. The molecule has 0 saturated carbocycles. The number of ether oxygens (including phenoxy) is 1. The van der Waals surface area contributed by atoms with Gasteiger partial charge in [0, 0.05) is 22.3 Å². The fraction of sp³-hybridized carbons (Fsp3) is 0.516. The van der Waals surface area contributed by atoms with E-state index in [2.05, 4.69) is 26.6 Å². The van der Waals surface area contributed by atoms with E-state index >= 15 is 0 Å². The van der Waals surface area contributed by atoms with Gasteiger partial charge in [-0.2, -0.15) is 0 Å². The van der Waals surface area contributed by atoms with E-state index in [0.717, 1.165) is 12.0 Å². The van der Waals surface area contributed by atoms with Crippen LogP contribution in [0.15, 0.2) is 54.6 Å². The summed E-state index contributed by atoms with van der Waals surface area (Å²) in [6, 6.07) is 15.5. The minimum absolute atomic E-state index is 0.0262. The number of anilines is 1. The number of benzene rings is 2. The molecule has 220 valence electrons. The molecule has 3 fully saturated rings. The van der Waals surface area contributed by atoms with Crippen molar-refractivity contribution < 1.29 is 24.2 Å². The summed E-state index contributed by atoms with van der Waals surface area (Å²) in [5, 5.41) is 16.4. The number of fused-ring (bicyclic) bond motifs is 1. The first-order valence-corrected chi connectivity index (χ1v) is 16.2. The number of thioether (sulfide) groups is 1. The second-order valence-corrected chi connectivity index (χ2v) is 13.9. The maximum atomic E-state index is 14.4. The molecular formula is C31H38BrN3O5S. The number of rotatable bonds is 11. The number of likely N-dealkylation sites (tertiary alicyclic amines) is 1. The average molecular weight is 645 g/mol. The summed E-state index contributed by atoms with van der Waals surface area (Å²) >= 11 is 5.40. The summed E-state index contributed by atoms with van der Waals surface area (Å²) in [4.78, 5) is 43.9. The molecule has 10 heteroatoms. The Kier molecular flexibility index (Phi) is 9.01. The largest absolute Gasteiger partial charge is 0.494 e. The van der Waals surface area contributed by atoms with Crippen molar-refractivity contribution in [2.75, 3.05) is 18.5 Å². The van der Waals surface area contributed by atoms with Crippen molar-refractivity contribution in [1.29, 1.82) is 0 Å². The van der Waals surface area contributed by atoms with Gasteiger partial charge in [0.2, 0.25) is 17.7 Å². The number of aliphatic hydroxyl groups excluding tert-OH is 1. The van der Waals surface area contributed by atoms with Crippen LogP contribution >= 0.6 is 27.7 Å². The highest BCUT2D eigenvalue weighted by molar-refractivity contribution is 9.09. The molecule has 5 rings (SSSR count). The predicted octanol–water partition coefficient (Wildman–Crippen LogP) is 4.21. The lowest BCUT2D eigenvalue weighted by Crippen LogP contribution is -2.58. The molecule has 3 saturated heterocycles. The van der Waals surface area contributed by atoms with Crippen LogP contribution in [0.4, 0.5) is 5.69 Å². The maximum absolute atomic E-state index is 14.4. The van der Waals surface area contributed by atoms with Gasteiger partial charge < -0.3 is 25.4 Å². The van der Waals surface area contributed by atoms with Crippen LogP contribution in [-0.4, -0.2) is 67.8 Å². The van der Waals surface area contributed by atoms with E-state index in [1.54, 1.807) is 40.9 Å². The SMILES string of the molecule is CCOc1ccc(NC(=O)[C@H]2[C@H]3C(=O)N([C@@H](CO)[C@@H](C)CC)C(C(=O)NCc4ccccc4)C34CC(Br)[C@@H]2S4)cc1. The Morgan fingerprint density at radius 2 is 1.85 bits per heavy atom. The number of amides is 3. The summed E-state index contributed by atoms with van der Waals surface area (Å²) in [6.07, 6.45) is 1.33. The van der Waals surface area contributed by atoms with Crippen LogP contribution in [0.2, 0.25) is 0 Å². The topological polar surface area (TPSA) is 108 Å². The Balaban J connectivity index is 1.47. The zero-order valence-corrected chi connectivity index (χ0v) is 26.0. The van der Waals surface area contributed by atoms with E-state index in [4.69, 9.17) is 4.74 Å². The quantitative estimate of drug-likeness (QED) is 0.317. The Labute approximate surface area is 254 Å². The fourth-order valence-electron chi connectivity index (χ4n) is 6.75. The van der Waals surface area contributed by atoms with E-state index in [1.807, 2.05) is 51.1 Å². The normalized spacial score (nSPS) is 29.6. The van der Waals surface area contributed by atoms with E-state index in [-0.39, 0.29) is 40.3 Å². The lowest BCUT2D eigenvalue weighted by atomic mass is 9.70. The molecule has 3 heterocycles. The van der Waals surface area contributed by atoms with Crippen LogP contribution in [0.3, 0.4) is 0 Å². The zero-order valence-electron chi connectivity index (χ0n) is 23.6. The van der Waals surface area contributed by atoms with Gasteiger partial charge in [0.05, 0.1) is 35.8 Å². The highest BCUT2D eigenvalue weighted by Crippen LogP contribution is 2.68. The molecular weight excluding hydrogens is 606 g/mol. The van der Waals surface area contributed by atoms with Gasteiger partial charge in [-0.05, 0) is 49.1 Å². The smallest absolute Gasteiger partial charge is 0.244 e. The van der Waals surface area contributed by atoms with Gasteiger partial charge in [0.25, 0.3) is 0 Å². The van der Waals surface area contributed by atoms with Gasteiger partial charge in [-0.25, -0.2) is 0 Å². The summed E-state index contributed by atoms with van der Waals surface area (Å²) in [5.41, 5.74) is 1.58. The van der Waals surface area contributed by atoms with Crippen molar-refractivity contribution in [2.24, 2.45) is 17.8 Å². The first-order valence-electron chi connectivity index (χ1n) is 14.4. The standard InChI is InChI=1S/C31H38BrN3O5S/c1-4-18(3)23(17-36)35-27(29(38)33-16-19-9-7-6-8-10-19)31-15-22(32)26(41-31)24(25(31)30(35)39)28(37)34-20-11-13-21(14-12-20)40-5-2/h6-14,18,22-27,36H,4-5,15-17H2,1-3H3,(H,33,38)(H,34,37)/t18-,22?,23-,24-,25-,26-,27?,31?/m0/s1. The molecule has 0 radical (unpaired) electrons. The second-order valence-electron chi connectivity index (χ2n) is 11.2. The lowest BCUT2D eigenvalue weighted by molar-refractivity contribution is -0.143. The molecule has 0 aliphatic carbocycles. The molecule has 8 atom stereocenters. The number of alkyl halides is 1. The summed E-state index contributed by atoms with van der Waals surface area (Å²) < 4.78 is 4.74. The summed E-state index contributed by atoms with van der Waals surface area (Å²) in [5.74, 6) is -1.29. The molecule has 2 aromatic carbocycles. The lowest BCUT2D eigenvalue weighted by Gasteiger charge is -2.39. The van der Waals surface area contributed by atoms with E-state index < -0.39 is 28.7 Å². The van der Waals surface area contributed by atoms with E-state index in [1.165, 1.54) is 0 Å². The molecule has 3 aliphatic rings. The Morgan fingerprint density at radius 3 is 2.49 bits per heavy atom. The fourth-order valence-corrected chi connectivity index (χ4v) is 10.3. The molecule has 3 aliphatic heterocycles. The highest BCUT2D eigenvalue weighted by atomic mass is 79.9. The zero-order chi connectivity index (χ0) is 29.3. The molecule has 2 aromatic rings. The monoisotopic (exact) mass is 643 g/mol. The Hall–Kier alpha value is -2.56. The van der Waals surface area contributed by atoms with Crippen molar-refractivity contribution in [3.8, 4) is 5.75 Å². The van der Waals surface area contributed by atoms with Crippen LogP contribution in [0.5, 0.6) is 5.75 Å². The van der Waals surface area contributed by atoms with Crippen LogP contribution in [-0.2, 0) is 20.9 Å². The molecule has 0 aromatic heterocycles. The number of halogens is 1. The second kappa shape index (κ2) is 12.4. The molecule has 1 spiro atoms. The van der Waals surface area contributed by atoms with Crippen LogP contribution < -0.4 is 15.4 Å². The third-order valence-corrected chi connectivity index (χ3v) is 12.1. The number of hydrogen-bond donors (Lipinski definition) is 3. The van der Waals surface area contributed by atoms with Crippen molar-refractivity contribution in [3.05, 3.63) is 60.2 Å². The van der Waals surface area contributed by atoms with Gasteiger partial charge in [-0.15, -0.1) is 11.8 Å². The summed E-state index contributed by atoms with van der Waals surface area (Å²) in [6.45, 7) is 6.55. The van der Waals surface area contributed by atoms with Gasteiger partial charge in [-0.1, -0.05) is 66.5 Å². The number of nitrogens with zero attached hydrogens (tertiary/aromatic N) is 1. The van der Waals surface area contributed by atoms with Gasteiger partial charge in [-0.3, -0.25) is 14.4 Å². The highest BCUT2D eigenvalue weighted by Gasteiger charge is 2.76. The van der Waals surface area contributed by atoms with Crippen LogP contribution in [0, 0.1) is 17.8 Å². The van der Waals surface area contributed by atoms with Crippen molar-refractivity contribution in [2.45, 2.75) is 67.1 Å². The number of aliphatic hydroxyl groups is 1. The number of carbonyl (C=O) groups excluding carboxylic acids is 3. The van der Waals surface area contributed by atoms with Gasteiger partial charge >= 0.3 is 0 Å². The average Bonchev–Trinajstić information content (AvgIpc) is 3.57. The third-order valence-electron chi connectivity index (χ3n) is 8.87. The van der Waals surface area contributed by atoms with E-state index in [9.17, 15) is 19.5 Å². The molecule has 2 bridgehead atoms. The summed E-state index contributed by atoms with van der Waals surface area (Å²) in [7, 11) is 0. The number of carbonyl (C=O) groups is 3. The minimum atomic E-state index is -0.798. The van der Waals surface area contributed by atoms with Crippen molar-refractivity contribution in [3.63, 3.8) is 0 Å². The van der Waals surface area contributed by atoms with E-state index in [0.29, 0.717) is 31.0 Å². The molecule has 41 heavy (non-hydrogen) atoms. The number of nitrogens with one attached hydrogen (secondary N) is 2. The van der Waals surface area contributed by atoms with Crippen LogP contribution in [0.1, 0.15) is 39.2 Å². The van der Waals surface area contributed by atoms with Crippen LogP contribution in [0.25, 0.3) is 0 Å². The van der Waals surface area contributed by atoms with Gasteiger partial charge in [0.1, 0.15) is 11.8 Å². The first kappa shape index (κ1) is 29.9. The number of hydrogen-bond acceptors (Lipinski definition) is 6. The maximum Gasteiger partial charge on any atom is 0.244 e. The molecule has 3 amide bonds. The molecule has 3 N–H and O–H groups in total. The molecule has 8 nitrogen and oxygen atoms in total. The third kappa shape index (κ3) is 5.39. The van der Waals surface area contributed by atoms with Crippen molar-refractivity contribution in [1.82, 2.24) is 10.2 Å². The minimum Gasteiger partial charge on any atom is -0.494 e. The first-order chi connectivity index (χ1) is 19.7.